The molecule has 0 aromatic heterocycles. The first-order valence-electron chi connectivity index (χ1n) is 7.32. The number of alkyl halides is 3. The van der Waals surface area contributed by atoms with Gasteiger partial charge < -0.3 is 10.6 Å². The van der Waals surface area contributed by atoms with Gasteiger partial charge in [0.2, 0.25) is 0 Å². The number of benzene rings is 2. The number of carbonyl (C=O) groups excluding carboxylic acids is 1. The van der Waals surface area contributed by atoms with Gasteiger partial charge in [0.05, 0.1) is 10.5 Å². The molecule has 0 atom stereocenters. The number of anilines is 1. The Morgan fingerprint density at radius 1 is 1.12 bits per heavy atom. The van der Waals surface area contributed by atoms with E-state index in [2.05, 4.69) is 10.6 Å². The summed E-state index contributed by atoms with van der Waals surface area (Å²) >= 11 is 5.72. The topological polar surface area (TPSA) is 84.3 Å². The van der Waals surface area contributed by atoms with Crippen molar-refractivity contribution in [1.29, 1.82) is 0 Å². The molecule has 0 heterocycles. The highest BCUT2D eigenvalue weighted by molar-refractivity contribution is 6.30. The Hall–Kier alpha value is -2.81. The molecule has 0 bridgehead atoms. The van der Waals surface area contributed by atoms with Gasteiger partial charge in [-0.3, -0.25) is 14.9 Å². The van der Waals surface area contributed by atoms with E-state index < -0.39 is 22.4 Å². The number of nitro benzene ring substituents is 1. The van der Waals surface area contributed by atoms with Crippen LogP contribution in [0.25, 0.3) is 0 Å². The second-order valence-corrected chi connectivity index (χ2v) is 5.61. The Morgan fingerprint density at radius 2 is 1.77 bits per heavy atom. The molecule has 0 aliphatic carbocycles. The molecular formula is C16H13ClF3N3O3. The highest BCUT2D eigenvalue weighted by atomic mass is 35.5. The normalized spacial score (nSPS) is 11.1. The van der Waals surface area contributed by atoms with Crippen molar-refractivity contribution in [2.24, 2.45) is 0 Å². The molecule has 1 amide bonds. The third-order valence-corrected chi connectivity index (χ3v) is 3.61. The third kappa shape index (κ3) is 5.09. The number of hydrogen-bond donors (Lipinski definition) is 2. The van der Waals surface area contributed by atoms with E-state index in [-0.39, 0.29) is 24.7 Å². The SMILES string of the molecule is O=C(NCCNc1ccc(C(F)(F)F)cc1[N+](=O)[O-])c1ccc(Cl)cc1. The number of amides is 1. The second kappa shape index (κ2) is 8.05. The zero-order valence-corrected chi connectivity index (χ0v) is 13.9. The quantitative estimate of drug-likeness (QED) is 0.444. The molecule has 0 saturated heterocycles. The maximum Gasteiger partial charge on any atom is 0.416 e. The van der Waals surface area contributed by atoms with Crippen molar-refractivity contribution >= 4 is 28.9 Å². The molecule has 0 radical (unpaired) electrons. The summed E-state index contributed by atoms with van der Waals surface area (Å²) in [6.45, 7) is 0.200. The van der Waals surface area contributed by atoms with Crippen LogP contribution < -0.4 is 10.6 Å². The molecule has 138 valence electrons. The molecule has 0 spiro atoms. The summed E-state index contributed by atoms with van der Waals surface area (Å²) in [5.41, 5.74) is -1.48. The Balaban J connectivity index is 1.95. The summed E-state index contributed by atoms with van der Waals surface area (Å²) in [5.74, 6) is -0.370. The molecule has 2 aromatic rings. The van der Waals surface area contributed by atoms with Gasteiger partial charge in [-0.15, -0.1) is 0 Å². The van der Waals surface area contributed by atoms with Gasteiger partial charge in [0, 0.05) is 29.7 Å². The maximum atomic E-state index is 12.6. The highest BCUT2D eigenvalue weighted by Gasteiger charge is 2.32. The van der Waals surface area contributed by atoms with Crippen molar-refractivity contribution < 1.29 is 22.9 Å². The zero-order valence-electron chi connectivity index (χ0n) is 13.1. The van der Waals surface area contributed by atoms with Crippen LogP contribution in [-0.2, 0) is 6.18 Å². The molecule has 26 heavy (non-hydrogen) atoms. The predicted octanol–water partition coefficient (Wildman–Crippen LogP) is 4.11. The van der Waals surface area contributed by atoms with Crippen molar-refractivity contribution in [3.05, 3.63) is 68.7 Å². The van der Waals surface area contributed by atoms with Crippen molar-refractivity contribution in [2.45, 2.75) is 6.18 Å². The minimum atomic E-state index is -4.67. The molecule has 0 unspecified atom stereocenters. The fraction of sp³-hybridized carbons (Fsp3) is 0.188. The van der Waals surface area contributed by atoms with E-state index in [1.54, 1.807) is 12.1 Å². The molecular weight excluding hydrogens is 375 g/mol. The first kappa shape index (κ1) is 19.5. The van der Waals surface area contributed by atoms with Gasteiger partial charge in [-0.25, -0.2) is 0 Å². The molecule has 2 aromatic carbocycles. The summed E-state index contributed by atoms with van der Waals surface area (Å²) in [6.07, 6.45) is -4.67. The van der Waals surface area contributed by atoms with Gasteiger partial charge in [0.15, 0.2) is 0 Å². The van der Waals surface area contributed by atoms with Crippen molar-refractivity contribution in [2.75, 3.05) is 18.4 Å². The lowest BCUT2D eigenvalue weighted by Crippen LogP contribution is -2.28. The van der Waals surface area contributed by atoms with E-state index in [4.69, 9.17) is 11.6 Å². The summed E-state index contributed by atoms with van der Waals surface area (Å²) in [5, 5.41) is 16.7. The fourth-order valence-corrected chi connectivity index (χ4v) is 2.21. The van der Waals surface area contributed by atoms with Crippen LogP contribution in [0.1, 0.15) is 15.9 Å². The lowest BCUT2D eigenvalue weighted by Gasteiger charge is -2.11. The van der Waals surface area contributed by atoms with Gasteiger partial charge >= 0.3 is 6.18 Å². The van der Waals surface area contributed by atoms with Gasteiger partial charge in [-0.2, -0.15) is 13.2 Å². The second-order valence-electron chi connectivity index (χ2n) is 5.18. The number of carbonyl (C=O) groups is 1. The average Bonchev–Trinajstić information content (AvgIpc) is 2.58. The van der Waals surface area contributed by atoms with Crippen LogP contribution in [0.2, 0.25) is 5.02 Å². The van der Waals surface area contributed by atoms with Gasteiger partial charge in [-0.05, 0) is 36.4 Å². The van der Waals surface area contributed by atoms with Crippen LogP contribution in [-0.4, -0.2) is 23.9 Å². The zero-order chi connectivity index (χ0) is 19.3. The van der Waals surface area contributed by atoms with Crippen LogP contribution in [0.5, 0.6) is 0 Å². The minimum Gasteiger partial charge on any atom is -0.378 e. The van der Waals surface area contributed by atoms with Crippen molar-refractivity contribution in [1.82, 2.24) is 5.32 Å². The Bertz CT molecular complexity index is 811. The van der Waals surface area contributed by atoms with Crippen LogP contribution in [0.3, 0.4) is 0 Å². The van der Waals surface area contributed by atoms with E-state index in [9.17, 15) is 28.1 Å². The number of nitrogens with one attached hydrogen (secondary N) is 2. The molecule has 0 aliphatic heterocycles. The molecule has 2 N–H and O–H groups in total. The molecule has 10 heteroatoms. The number of nitrogens with zero attached hydrogens (tertiary/aromatic N) is 1. The van der Waals surface area contributed by atoms with E-state index in [1.807, 2.05) is 0 Å². The van der Waals surface area contributed by atoms with E-state index >= 15 is 0 Å². The number of rotatable bonds is 6. The predicted molar refractivity (Wildman–Crippen MR) is 90.4 cm³/mol. The van der Waals surface area contributed by atoms with Crippen LogP contribution in [0, 0.1) is 10.1 Å². The molecule has 0 aliphatic rings. The number of hydrogen-bond acceptors (Lipinski definition) is 4. The van der Waals surface area contributed by atoms with Crippen molar-refractivity contribution in [3.63, 3.8) is 0 Å². The Labute approximate surface area is 151 Å². The smallest absolute Gasteiger partial charge is 0.378 e. The van der Waals surface area contributed by atoms with E-state index in [1.165, 1.54) is 12.1 Å². The van der Waals surface area contributed by atoms with Crippen LogP contribution >= 0.6 is 11.6 Å². The standard InChI is InChI=1S/C16H13ClF3N3O3/c17-12-4-1-10(2-5-12)15(24)22-8-7-21-13-6-3-11(16(18,19)20)9-14(13)23(25)26/h1-6,9,21H,7-8H2,(H,22,24). The van der Waals surface area contributed by atoms with Gasteiger partial charge in [0.1, 0.15) is 5.69 Å². The molecule has 2 rings (SSSR count). The fourth-order valence-electron chi connectivity index (χ4n) is 2.09. The summed E-state index contributed by atoms with van der Waals surface area (Å²) in [6, 6.07) is 8.39. The number of nitro groups is 1. The average molecular weight is 388 g/mol. The number of halogens is 4. The molecule has 0 saturated carbocycles. The molecule has 0 fully saturated rings. The van der Waals surface area contributed by atoms with Gasteiger partial charge in [0.25, 0.3) is 11.6 Å². The minimum absolute atomic E-state index is 0.0660. The molecule has 6 nitrogen and oxygen atoms in total. The lowest BCUT2D eigenvalue weighted by molar-refractivity contribution is -0.384. The maximum absolute atomic E-state index is 12.6. The summed E-state index contributed by atoms with van der Waals surface area (Å²) in [7, 11) is 0. The largest absolute Gasteiger partial charge is 0.416 e. The van der Waals surface area contributed by atoms with Crippen molar-refractivity contribution in [3.8, 4) is 0 Å². The van der Waals surface area contributed by atoms with E-state index in [0.29, 0.717) is 16.7 Å². The monoisotopic (exact) mass is 387 g/mol. The van der Waals surface area contributed by atoms with Crippen LogP contribution in [0.15, 0.2) is 42.5 Å². The highest BCUT2D eigenvalue weighted by Crippen LogP contribution is 2.34. The summed E-state index contributed by atoms with van der Waals surface area (Å²) in [4.78, 5) is 22.0. The first-order chi connectivity index (χ1) is 12.2. The van der Waals surface area contributed by atoms with E-state index in [0.717, 1.165) is 12.1 Å². The Kier molecular flexibility index (Phi) is 6.04. The lowest BCUT2D eigenvalue weighted by atomic mass is 10.1. The van der Waals surface area contributed by atoms with Crippen LogP contribution in [0.4, 0.5) is 24.5 Å². The Morgan fingerprint density at radius 3 is 2.35 bits per heavy atom. The third-order valence-electron chi connectivity index (χ3n) is 3.35. The van der Waals surface area contributed by atoms with Gasteiger partial charge in [-0.1, -0.05) is 11.6 Å². The first-order valence-corrected chi connectivity index (χ1v) is 7.69. The summed E-state index contributed by atoms with van der Waals surface area (Å²) < 4.78 is 37.9.